The van der Waals surface area contributed by atoms with E-state index >= 15 is 0 Å². The lowest BCUT2D eigenvalue weighted by Gasteiger charge is -2.03. The maximum atomic E-state index is 12.2. The van der Waals surface area contributed by atoms with Crippen LogP contribution in [0.2, 0.25) is 5.15 Å². The van der Waals surface area contributed by atoms with E-state index in [0.717, 1.165) is 17.0 Å². The highest BCUT2D eigenvalue weighted by Gasteiger charge is 2.17. The SMILES string of the molecule is Cc1ncccc1C(=O)Cc1c(C)nn(C)c1Cl. The highest BCUT2D eigenvalue weighted by molar-refractivity contribution is 6.30. The van der Waals surface area contributed by atoms with Crippen LogP contribution in [0.15, 0.2) is 18.3 Å². The maximum Gasteiger partial charge on any atom is 0.169 e. The molecule has 0 aliphatic rings. The van der Waals surface area contributed by atoms with Gasteiger partial charge in [0.2, 0.25) is 0 Å². The fourth-order valence-corrected chi connectivity index (χ4v) is 2.15. The summed E-state index contributed by atoms with van der Waals surface area (Å²) in [4.78, 5) is 16.3. The van der Waals surface area contributed by atoms with Crippen molar-refractivity contribution in [1.29, 1.82) is 0 Å². The van der Waals surface area contributed by atoms with E-state index in [-0.39, 0.29) is 12.2 Å². The summed E-state index contributed by atoms with van der Waals surface area (Å²) < 4.78 is 1.58. The number of ketones is 1. The molecule has 0 saturated carbocycles. The summed E-state index contributed by atoms with van der Waals surface area (Å²) >= 11 is 6.12. The predicted molar refractivity (Wildman–Crippen MR) is 70.0 cm³/mol. The van der Waals surface area contributed by atoms with Crippen LogP contribution in [0.3, 0.4) is 0 Å². The third kappa shape index (κ3) is 2.29. The fraction of sp³-hybridized carbons (Fsp3) is 0.308. The summed E-state index contributed by atoms with van der Waals surface area (Å²) in [6.07, 6.45) is 1.93. The first-order chi connectivity index (χ1) is 8.50. The number of rotatable bonds is 3. The number of halogens is 1. The molecule has 2 heterocycles. The number of aryl methyl sites for hydroxylation is 3. The van der Waals surface area contributed by atoms with Gasteiger partial charge in [-0.05, 0) is 26.0 Å². The molecular formula is C13H14ClN3O. The molecule has 4 nitrogen and oxygen atoms in total. The molecule has 0 saturated heterocycles. The van der Waals surface area contributed by atoms with Gasteiger partial charge in [-0.15, -0.1) is 0 Å². The summed E-state index contributed by atoms with van der Waals surface area (Å²) in [6, 6.07) is 3.54. The molecule has 0 radical (unpaired) electrons. The van der Waals surface area contributed by atoms with Gasteiger partial charge in [0.1, 0.15) is 5.15 Å². The van der Waals surface area contributed by atoms with E-state index in [1.807, 2.05) is 13.8 Å². The van der Waals surface area contributed by atoms with Crippen molar-refractivity contribution >= 4 is 17.4 Å². The second-order valence-corrected chi connectivity index (χ2v) is 4.57. The molecule has 0 aromatic carbocycles. The number of hydrogen-bond acceptors (Lipinski definition) is 3. The van der Waals surface area contributed by atoms with Crippen LogP contribution in [0.5, 0.6) is 0 Å². The molecule has 0 unspecified atom stereocenters. The monoisotopic (exact) mass is 263 g/mol. The molecule has 18 heavy (non-hydrogen) atoms. The Labute approximate surface area is 111 Å². The Morgan fingerprint density at radius 3 is 2.67 bits per heavy atom. The Balaban J connectivity index is 2.30. The number of hydrogen-bond donors (Lipinski definition) is 0. The van der Waals surface area contributed by atoms with Crippen LogP contribution in [0, 0.1) is 13.8 Å². The zero-order valence-electron chi connectivity index (χ0n) is 10.6. The van der Waals surface area contributed by atoms with Crippen LogP contribution in [0.25, 0.3) is 0 Å². The van der Waals surface area contributed by atoms with Crippen molar-refractivity contribution in [3.63, 3.8) is 0 Å². The third-order valence-electron chi connectivity index (χ3n) is 2.91. The van der Waals surface area contributed by atoms with Gasteiger partial charge in [0, 0.05) is 36.5 Å². The van der Waals surface area contributed by atoms with Gasteiger partial charge in [-0.3, -0.25) is 14.5 Å². The summed E-state index contributed by atoms with van der Waals surface area (Å²) in [7, 11) is 1.76. The van der Waals surface area contributed by atoms with Crippen LogP contribution < -0.4 is 0 Å². The highest BCUT2D eigenvalue weighted by Crippen LogP contribution is 2.21. The highest BCUT2D eigenvalue weighted by atomic mass is 35.5. The number of carbonyl (C=O) groups is 1. The van der Waals surface area contributed by atoms with Gasteiger partial charge in [0.05, 0.1) is 5.69 Å². The molecule has 94 valence electrons. The summed E-state index contributed by atoms with van der Waals surface area (Å²) in [5.74, 6) is 0.0126. The number of carbonyl (C=O) groups excluding carboxylic acids is 1. The Kier molecular flexibility index (Phi) is 3.48. The lowest BCUT2D eigenvalue weighted by Crippen LogP contribution is -2.07. The van der Waals surface area contributed by atoms with Gasteiger partial charge in [-0.25, -0.2) is 0 Å². The zero-order valence-corrected chi connectivity index (χ0v) is 11.3. The first-order valence-corrected chi connectivity index (χ1v) is 6.01. The van der Waals surface area contributed by atoms with E-state index in [0.29, 0.717) is 10.7 Å². The number of aromatic nitrogens is 3. The van der Waals surface area contributed by atoms with Crippen molar-refractivity contribution in [3.8, 4) is 0 Å². The van der Waals surface area contributed by atoms with Crippen molar-refractivity contribution in [2.75, 3.05) is 0 Å². The summed E-state index contributed by atoms with van der Waals surface area (Å²) in [5, 5.41) is 4.71. The fourth-order valence-electron chi connectivity index (χ4n) is 1.91. The Hall–Kier alpha value is -1.68. The minimum Gasteiger partial charge on any atom is -0.294 e. The molecule has 2 aromatic rings. The second-order valence-electron chi connectivity index (χ2n) is 4.21. The van der Waals surface area contributed by atoms with Gasteiger partial charge in [-0.1, -0.05) is 11.6 Å². The van der Waals surface area contributed by atoms with Crippen molar-refractivity contribution in [3.05, 3.63) is 46.0 Å². The molecule has 5 heteroatoms. The van der Waals surface area contributed by atoms with E-state index in [1.54, 1.807) is 30.1 Å². The second kappa shape index (κ2) is 4.90. The smallest absolute Gasteiger partial charge is 0.169 e. The molecule has 0 bridgehead atoms. The lowest BCUT2D eigenvalue weighted by atomic mass is 10.0. The van der Waals surface area contributed by atoms with Crippen molar-refractivity contribution < 1.29 is 4.79 Å². The zero-order chi connectivity index (χ0) is 13.3. The van der Waals surface area contributed by atoms with Gasteiger partial charge in [0.15, 0.2) is 5.78 Å². The molecule has 0 atom stereocenters. The Bertz CT molecular complexity index is 604. The normalized spacial score (nSPS) is 10.7. The first-order valence-electron chi connectivity index (χ1n) is 5.63. The van der Waals surface area contributed by atoms with E-state index in [1.165, 1.54) is 0 Å². The number of nitrogens with zero attached hydrogens (tertiary/aromatic N) is 3. The molecule has 0 fully saturated rings. The lowest BCUT2D eigenvalue weighted by molar-refractivity contribution is 0.0992. The predicted octanol–water partition coefficient (Wildman–Crippen LogP) is 2.51. The van der Waals surface area contributed by atoms with Gasteiger partial charge < -0.3 is 0 Å². The quantitative estimate of drug-likeness (QED) is 0.800. The van der Waals surface area contributed by atoms with Crippen LogP contribution in [-0.4, -0.2) is 20.5 Å². The maximum absolute atomic E-state index is 12.2. The molecule has 0 spiro atoms. The molecule has 0 amide bonds. The van der Waals surface area contributed by atoms with Gasteiger partial charge in [-0.2, -0.15) is 5.10 Å². The number of Topliss-reactive ketones (excluding diaryl/α,β-unsaturated/α-hetero) is 1. The molecule has 2 rings (SSSR count). The average Bonchev–Trinajstić information content (AvgIpc) is 2.56. The van der Waals surface area contributed by atoms with Gasteiger partial charge in [0.25, 0.3) is 0 Å². The van der Waals surface area contributed by atoms with Crippen LogP contribution in [0.1, 0.15) is 27.3 Å². The largest absolute Gasteiger partial charge is 0.294 e. The summed E-state index contributed by atoms with van der Waals surface area (Å²) in [5.41, 5.74) is 2.95. The van der Waals surface area contributed by atoms with Crippen LogP contribution >= 0.6 is 11.6 Å². The third-order valence-corrected chi connectivity index (χ3v) is 3.39. The van der Waals surface area contributed by atoms with Gasteiger partial charge >= 0.3 is 0 Å². The van der Waals surface area contributed by atoms with Crippen LogP contribution in [0.4, 0.5) is 0 Å². The topological polar surface area (TPSA) is 47.8 Å². The van der Waals surface area contributed by atoms with E-state index in [9.17, 15) is 4.79 Å². The minimum atomic E-state index is 0.0126. The molecule has 0 aliphatic carbocycles. The average molecular weight is 264 g/mol. The molecule has 0 N–H and O–H groups in total. The molecule has 0 aliphatic heterocycles. The summed E-state index contributed by atoms with van der Waals surface area (Å²) in [6.45, 7) is 3.68. The van der Waals surface area contributed by atoms with Crippen LogP contribution in [-0.2, 0) is 13.5 Å². The standard InChI is InChI=1S/C13H14ClN3O/c1-8-10(5-4-6-15-8)12(18)7-11-9(2)16-17(3)13(11)14/h4-6H,7H2,1-3H3. The van der Waals surface area contributed by atoms with E-state index < -0.39 is 0 Å². The van der Waals surface area contributed by atoms with Crippen molar-refractivity contribution in [1.82, 2.24) is 14.8 Å². The molecule has 2 aromatic heterocycles. The minimum absolute atomic E-state index is 0.0126. The van der Waals surface area contributed by atoms with E-state index in [4.69, 9.17) is 11.6 Å². The van der Waals surface area contributed by atoms with E-state index in [2.05, 4.69) is 10.1 Å². The van der Waals surface area contributed by atoms with Crippen molar-refractivity contribution in [2.24, 2.45) is 7.05 Å². The number of pyridine rings is 1. The Morgan fingerprint density at radius 1 is 1.39 bits per heavy atom. The first kappa shape index (κ1) is 12.8. The molecular weight excluding hydrogens is 250 g/mol. The van der Waals surface area contributed by atoms with Crippen molar-refractivity contribution in [2.45, 2.75) is 20.3 Å². The Morgan fingerprint density at radius 2 is 2.11 bits per heavy atom.